The molecule has 1 aromatic heterocycles. The van der Waals surface area contributed by atoms with E-state index in [4.69, 9.17) is 5.11 Å². The summed E-state index contributed by atoms with van der Waals surface area (Å²) in [6.45, 7) is 5.54. The highest BCUT2D eigenvalue weighted by molar-refractivity contribution is 5.13. The second-order valence-corrected chi connectivity index (χ2v) is 4.71. The van der Waals surface area contributed by atoms with Crippen LogP contribution in [0.15, 0.2) is 18.3 Å². The van der Waals surface area contributed by atoms with Crippen molar-refractivity contribution in [2.45, 2.75) is 26.3 Å². The van der Waals surface area contributed by atoms with Crippen molar-refractivity contribution in [3.8, 4) is 0 Å². The molecule has 1 saturated heterocycles. The van der Waals surface area contributed by atoms with E-state index in [0.717, 1.165) is 38.2 Å². The Bertz CT molecular complexity index is 315. The second kappa shape index (κ2) is 5.41. The molecular weight excluding hydrogens is 200 g/mol. The zero-order valence-corrected chi connectivity index (χ0v) is 9.89. The number of aryl methyl sites for hydroxylation is 1. The Morgan fingerprint density at radius 3 is 2.69 bits per heavy atom. The summed E-state index contributed by atoms with van der Waals surface area (Å²) in [6, 6.07) is 4.22. The summed E-state index contributed by atoms with van der Waals surface area (Å²) in [5.41, 5.74) is 2.36. The van der Waals surface area contributed by atoms with Gasteiger partial charge >= 0.3 is 0 Å². The standard InChI is InChI=1S/C13H20N2O/c1-11-2-3-13(8-14-11)9-15-6-4-12(10-16)5-7-15/h2-3,8,12,16H,4-7,9-10H2,1H3. The molecule has 0 saturated carbocycles. The zero-order valence-electron chi connectivity index (χ0n) is 9.89. The molecule has 0 unspecified atom stereocenters. The molecule has 3 heteroatoms. The fourth-order valence-corrected chi connectivity index (χ4v) is 2.18. The first-order valence-electron chi connectivity index (χ1n) is 6.02. The molecule has 16 heavy (non-hydrogen) atoms. The first-order chi connectivity index (χ1) is 7.78. The topological polar surface area (TPSA) is 36.4 Å². The maximum atomic E-state index is 9.07. The van der Waals surface area contributed by atoms with E-state index in [1.807, 2.05) is 13.1 Å². The van der Waals surface area contributed by atoms with Crippen molar-refractivity contribution in [1.29, 1.82) is 0 Å². The summed E-state index contributed by atoms with van der Waals surface area (Å²) >= 11 is 0. The minimum absolute atomic E-state index is 0.347. The molecule has 2 rings (SSSR count). The van der Waals surface area contributed by atoms with Gasteiger partial charge in [0, 0.05) is 25.0 Å². The predicted molar refractivity (Wildman–Crippen MR) is 64.1 cm³/mol. The van der Waals surface area contributed by atoms with Gasteiger partial charge in [-0.2, -0.15) is 0 Å². The summed E-state index contributed by atoms with van der Waals surface area (Å²) in [7, 11) is 0. The number of pyridine rings is 1. The van der Waals surface area contributed by atoms with Crippen molar-refractivity contribution >= 4 is 0 Å². The minimum Gasteiger partial charge on any atom is -0.396 e. The Morgan fingerprint density at radius 1 is 1.38 bits per heavy atom. The third kappa shape index (κ3) is 3.03. The first kappa shape index (κ1) is 11.6. The van der Waals surface area contributed by atoms with Crippen molar-refractivity contribution in [3.05, 3.63) is 29.6 Å². The number of piperidine rings is 1. The Kier molecular flexibility index (Phi) is 3.91. The first-order valence-corrected chi connectivity index (χ1v) is 6.02. The molecule has 0 bridgehead atoms. The van der Waals surface area contributed by atoms with E-state index in [0.29, 0.717) is 12.5 Å². The van der Waals surface area contributed by atoms with Crippen LogP contribution in [-0.4, -0.2) is 34.7 Å². The van der Waals surface area contributed by atoms with E-state index in [1.54, 1.807) is 0 Å². The normalized spacial score (nSPS) is 18.9. The summed E-state index contributed by atoms with van der Waals surface area (Å²) in [5.74, 6) is 0.521. The molecule has 0 radical (unpaired) electrons. The second-order valence-electron chi connectivity index (χ2n) is 4.71. The number of aromatic nitrogens is 1. The quantitative estimate of drug-likeness (QED) is 0.840. The van der Waals surface area contributed by atoms with E-state index < -0.39 is 0 Å². The molecule has 0 amide bonds. The summed E-state index contributed by atoms with van der Waals surface area (Å²) in [5, 5.41) is 9.07. The van der Waals surface area contributed by atoms with E-state index in [-0.39, 0.29) is 0 Å². The number of nitrogens with zero attached hydrogens (tertiary/aromatic N) is 2. The molecule has 1 aliphatic rings. The molecule has 0 spiro atoms. The van der Waals surface area contributed by atoms with Gasteiger partial charge in [0.2, 0.25) is 0 Å². The van der Waals surface area contributed by atoms with Gasteiger partial charge in [0.15, 0.2) is 0 Å². The van der Waals surface area contributed by atoms with Gasteiger partial charge in [-0.3, -0.25) is 9.88 Å². The molecule has 3 nitrogen and oxygen atoms in total. The highest BCUT2D eigenvalue weighted by Gasteiger charge is 2.18. The van der Waals surface area contributed by atoms with Crippen LogP contribution in [0.4, 0.5) is 0 Å². The molecule has 88 valence electrons. The Labute approximate surface area is 97.1 Å². The van der Waals surface area contributed by atoms with Crippen LogP contribution in [0, 0.1) is 12.8 Å². The van der Waals surface area contributed by atoms with Gasteiger partial charge in [-0.25, -0.2) is 0 Å². The van der Waals surface area contributed by atoms with Crippen molar-refractivity contribution in [2.24, 2.45) is 5.92 Å². The maximum Gasteiger partial charge on any atom is 0.0460 e. The fourth-order valence-electron chi connectivity index (χ4n) is 2.18. The monoisotopic (exact) mass is 220 g/mol. The van der Waals surface area contributed by atoms with Crippen LogP contribution in [0.2, 0.25) is 0 Å². The molecule has 1 N–H and O–H groups in total. The highest BCUT2D eigenvalue weighted by Crippen LogP contribution is 2.18. The molecule has 2 heterocycles. The molecular formula is C13H20N2O. The van der Waals surface area contributed by atoms with Gasteiger partial charge in [0.05, 0.1) is 0 Å². The van der Waals surface area contributed by atoms with Crippen LogP contribution in [0.25, 0.3) is 0 Å². The fraction of sp³-hybridized carbons (Fsp3) is 0.615. The number of likely N-dealkylation sites (tertiary alicyclic amines) is 1. The third-order valence-corrected chi connectivity index (χ3v) is 3.34. The molecule has 1 aliphatic heterocycles. The van der Waals surface area contributed by atoms with Crippen LogP contribution in [0.5, 0.6) is 0 Å². The van der Waals surface area contributed by atoms with Crippen molar-refractivity contribution in [3.63, 3.8) is 0 Å². The van der Waals surface area contributed by atoms with Crippen molar-refractivity contribution in [2.75, 3.05) is 19.7 Å². The minimum atomic E-state index is 0.347. The Morgan fingerprint density at radius 2 is 2.12 bits per heavy atom. The average Bonchev–Trinajstić information content (AvgIpc) is 2.33. The van der Waals surface area contributed by atoms with Crippen molar-refractivity contribution in [1.82, 2.24) is 9.88 Å². The molecule has 0 aromatic carbocycles. The predicted octanol–water partition coefficient (Wildman–Crippen LogP) is 1.59. The number of hydrogen-bond acceptors (Lipinski definition) is 3. The number of rotatable bonds is 3. The molecule has 1 fully saturated rings. The van der Waals surface area contributed by atoms with E-state index in [1.165, 1.54) is 5.56 Å². The third-order valence-electron chi connectivity index (χ3n) is 3.34. The van der Waals surface area contributed by atoms with Crippen LogP contribution in [0.3, 0.4) is 0 Å². The summed E-state index contributed by atoms with van der Waals surface area (Å²) in [4.78, 5) is 6.75. The Hall–Kier alpha value is -0.930. The SMILES string of the molecule is Cc1ccc(CN2CCC(CO)CC2)cn1. The van der Waals surface area contributed by atoms with Crippen molar-refractivity contribution < 1.29 is 5.11 Å². The molecule has 0 atom stereocenters. The van der Waals surface area contributed by atoms with Gasteiger partial charge in [-0.1, -0.05) is 6.07 Å². The van der Waals surface area contributed by atoms with Crippen LogP contribution in [0.1, 0.15) is 24.1 Å². The average molecular weight is 220 g/mol. The Balaban J connectivity index is 1.84. The highest BCUT2D eigenvalue weighted by atomic mass is 16.3. The van der Waals surface area contributed by atoms with Crippen LogP contribution in [-0.2, 0) is 6.54 Å². The van der Waals surface area contributed by atoms with Gasteiger partial charge in [-0.05, 0) is 50.4 Å². The van der Waals surface area contributed by atoms with Gasteiger partial charge in [-0.15, -0.1) is 0 Å². The van der Waals surface area contributed by atoms with Gasteiger partial charge in [0.1, 0.15) is 0 Å². The lowest BCUT2D eigenvalue weighted by Gasteiger charge is -2.30. The summed E-state index contributed by atoms with van der Waals surface area (Å²) < 4.78 is 0. The van der Waals surface area contributed by atoms with Gasteiger partial charge in [0.25, 0.3) is 0 Å². The molecule has 1 aromatic rings. The van der Waals surface area contributed by atoms with Crippen LogP contribution >= 0.6 is 0 Å². The lowest BCUT2D eigenvalue weighted by Crippen LogP contribution is -2.34. The lowest BCUT2D eigenvalue weighted by atomic mass is 9.97. The number of aliphatic hydroxyl groups is 1. The van der Waals surface area contributed by atoms with Gasteiger partial charge < -0.3 is 5.11 Å². The lowest BCUT2D eigenvalue weighted by molar-refractivity contribution is 0.127. The molecule has 0 aliphatic carbocycles. The smallest absolute Gasteiger partial charge is 0.0460 e. The number of hydrogen-bond donors (Lipinski definition) is 1. The number of aliphatic hydroxyl groups excluding tert-OH is 1. The van der Waals surface area contributed by atoms with Crippen LogP contribution < -0.4 is 0 Å². The van der Waals surface area contributed by atoms with E-state index in [2.05, 4.69) is 22.0 Å². The van der Waals surface area contributed by atoms with E-state index in [9.17, 15) is 0 Å². The maximum absolute atomic E-state index is 9.07. The zero-order chi connectivity index (χ0) is 11.4. The largest absolute Gasteiger partial charge is 0.396 e. The van der Waals surface area contributed by atoms with E-state index >= 15 is 0 Å². The summed E-state index contributed by atoms with van der Waals surface area (Å²) in [6.07, 6.45) is 4.21.